The van der Waals surface area contributed by atoms with Gasteiger partial charge in [0.25, 0.3) is 0 Å². The molecule has 0 radical (unpaired) electrons. The minimum absolute atomic E-state index is 0.249. The summed E-state index contributed by atoms with van der Waals surface area (Å²) in [5.74, 6) is 1.06. The topological polar surface area (TPSA) is 29.5 Å². The largest absolute Gasteiger partial charge is 0.490 e. The Balaban J connectivity index is 2.21. The van der Waals surface area contributed by atoms with Crippen molar-refractivity contribution in [3.8, 4) is 5.75 Å². The molecule has 1 aromatic rings. The van der Waals surface area contributed by atoms with E-state index in [4.69, 9.17) is 9.84 Å². The summed E-state index contributed by atoms with van der Waals surface area (Å²) in [5.41, 5.74) is 2.55. The minimum Gasteiger partial charge on any atom is -0.490 e. The van der Waals surface area contributed by atoms with Crippen molar-refractivity contribution in [2.24, 2.45) is 0 Å². The zero-order chi connectivity index (χ0) is 9.97. The SMILES string of the molecule is CC1Cc2cccc(CCCO)c2O1. The Morgan fingerprint density at radius 2 is 2.36 bits per heavy atom. The average molecular weight is 192 g/mol. The van der Waals surface area contributed by atoms with E-state index in [1.54, 1.807) is 0 Å². The summed E-state index contributed by atoms with van der Waals surface area (Å²) < 4.78 is 5.75. The van der Waals surface area contributed by atoms with Crippen molar-refractivity contribution in [1.29, 1.82) is 0 Å². The Hall–Kier alpha value is -1.02. The fourth-order valence-corrected chi connectivity index (χ4v) is 1.97. The van der Waals surface area contributed by atoms with Crippen LogP contribution in [0, 0.1) is 0 Å². The van der Waals surface area contributed by atoms with E-state index < -0.39 is 0 Å². The second-order valence-electron chi connectivity index (χ2n) is 3.87. The molecule has 2 heteroatoms. The molecule has 76 valence electrons. The molecule has 1 aliphatic rings. The van der Waals surface area contributed by atoms with Gasteiger partial charge in [0.05, 0.1) is 0 Å². The highest BCUT2D eigenvalue weighted by Gasteiger charge is 2.20. The van der Waals surface area contributed by atoms with Gasteiger partial charge in [-0.05, 0) is 30.9 Å². The lowest BCUT2D eigenvalue weighted by molar-refractivity contribution is 0.251. The lowest BCUT2D eigenvalue weighted by atomic mass is 10.0. The quantitative estimate of drug-likeness (QED) is 0.793. The second kappa shape index (κ2) is 4.01. The fourth-order valence-electron chi connectivity index (χ4n) is 1.97. The molecule has 1 N–H and O–H groups in total. The highest BCUT2D eigenvalue weighted by molar-refractivity contribution is 5.44. The van der Waals surface area contributed by atoms with E-state index in [0.717, 1.165) is 25.0 Å². The zero-order valence-electron chi connectivity index (χ0n) is 8.49. The number of ether oxygens (including phenoxy) is 1. The summed E-state index contributed by atoms with van der Waals surface area (Å²) >= 11 is 0. The number of aliphatic hydroxyl groups is 1. The van der Waals surface area contributed by atoms with E-state index in [1.165, 1.54) is 11.1 Å². The summed E-state index contributed by atoms with van der Waals surface area (Å²) in [5, 5.41) is 8.79. The predicted octanol–water partition coefficient (Wildman–Crippen LogP) is 1.93. The van der Waals surface area contributed by atoms with Crippen LogP contribution in [0.2, 0.25) is 0 Å². The Morgan fingerprint density at radius 1 is 1.50 bits per heavy atom. The van der Waals surface area contributed by atoms with Crippen molar-refractivity contribution in [3.05, 3.63) is 29.3 Å². The van der Waals surface area contributed by atoms with Crippen molar-refractivity contribution in [2.75, 3.05) is 6.61 Å². The zero-order valence-corrected chi connectivity index (χ0v) is 8.49. The molecular weight excluding hydrogens is 176 g/mol. The predicted molar refractivity (Wildman–Crippen MR) is 55.6 cm³/mol. The normalized spacial score (nSPS) is 19.1. The van der Waals surface area contributed by atoms with Crippen LogP contribution in [0.15, 0.2) is 18.2 Å². The lowest BCUT2D eigenvalue weighted by Gasteiger charge is -2.08. The molecule has 1 heterocycles. The van der Waals surface area contributed by atoms with Crippen LogP contribution in [0.5, 0.6) is 5.75 Å². The molecule has 14 heavy (non-hydrogen) atoms. The van der Waals surface area contributed by atoms with Gasteiger partial charge in [-0.2, -0.15) is 0 Å². The van der Waals surface area contributed by atoms with Gasteiger partial charge in [-0.15, -0.1) is 0 Å². The third-order valence-corrected chi connectivity index (χ3v) is 2.61. The lowest BCUT2D eigenvalue weighted by Crippen LogP contribution is -2.06. The van der Waals surface area contributed by atoms with Crippen molar-refractivity contribution in [1.82, 2.24) is 0 Å². The summed E-state index contributed by atoms with van der Waals surface area (Å²) in [4.78, 5) is 0. The van der Waals surface area contributed by atoms with Crippen molar-refractivity contribution in [3.63, 3.8) is 0 Å². The van der Waals surface area contributed by atoms with E-state index in [0.29, 0.717) is 6.10 Å². The first-order valence-corrected chi connectivity index (χ1v) is 5.19. The number of aryl methyl sites for hydroxylation is 1. The first-order valence-electron chi connectivity index (χ1n) is 5.19. The van der Waals surface area contributed by atoms with E-state index in [-0.39, 0.29) is 6.61 Å². The van der Waals surface area contributed by atoms with Crippen LogP contribution >= 0.6 is 0 Å². The Labute approximate surface area is 84.5 Å². The van der Waals surface area contributed by atoms with E-state index in [1.807, 2.05) is 0 Å². The molecule has 1 aliphatic heterocycles. The average Bonchev–Trinajstić information content (AvgIpc) is 2.55. The van der Waals surface area contributed by atoms with E-state index in [2.05, 4.69) is 25.1 Å². The van der Waals surface area contributed by atoms with Gasteiger partial charge in [0, 0.05) is 13.0 Å². The Morgan fingerprint density at radius 3 is 3.14 bits per heavy atom. The number of fused-ring (bicyclic) bond motifs is 1. The highest BCUT2D eigenvalue weighted by atomic mass is 16.5. The summed E-state index contributed by atoms with van der Waals surface area (Å²) in [7, 11) is 0. The number of aliphatic hydroxyl groups excluding tert-OH is 1. The van der Waals surface area contributed by atoms with Gasteiger partial charge >= 0.3 is 0 Å². The molecule has 0 saturated carbocycles. The molecule has 1 aromatic carbocycles. The molecular formula is C12H16O2. The van der Waals surface area contributed by atoms with Crippen LogP contribution in [0.1, 0.15) is 24.5 Å². The van der Waals surface area contributed by atoms with Gasteiger partial charge in [-0.1, -0.05) is 18.2 Å². The monoisotopic (exact) mass is 192 g/mol. The molecule has 0 aliphatic carbocycles. The number of benzene rings is 1. The molecule has 0 fully saturated rings. The molecule has 2 nitrogen and oxygen atoms in total. The molecule has 0 amide bonds. The molecule has 2 rings (SSSR count). The fraction of sp³-hybridized carbons (Fsp3) is 0.500. The van der Waals surface area contributed by atoms with Crippen LogP contribution in [-0.4, -0.2) is 17.8 Å². The Bertz CT molecular complexity index is 320. The van der Waals surface area contributed by atoms with Crippen LogP contribution < -0.4 is 4.74 Å². The molecule has 1 atom stereocenters. The smallest absolute Gasteiger partial charge is 0.126 e. The van der Waals surface area contributed by atoms with Gasteiger partial charge in [-0.25, -0.2) is 0 Å². The molecule has 1 unspecified atom stereocenters. The van der Waals surface area contributed by atoms with Crippen LogP contribution in [0.25, 0.3) is 0 Å². The van der Waals surface area contributed by atoms with Crippen LogP contribution in [0.4, 0.5) is 0 Å². The number of rotatable bonds is 3. The van der Waals surface area contributed by atoms with Gasteiger partial charge in [0.2, 0.25) is 0 Å². The standard InChI is InChI=1S/C12H16O2/c1-9-8-11-5-2-4-10(6-3-7-13)12(11)14-9/h2,4-5,9,13H,3,6-8H2,1H3. The van der Waals surface area contributed by atoms with Crippen molar-refractivity contribution in [2.45, 2.75) is 32.3 Å². The van der Waals surface area contributed by atoms with Crippen LogP contribution in [-0.2, 0) is 12.8 Å². The maximum atomic E-state index is 8.79. The Kier molecular flexibility index (Phi) is 2.73. The molecule has 0 bridgehead atoms. The highest BCUT2D eigenvalue weighted by Crippen LogP contribution is 2.32. The van der Waals surface area contributed by atoms with E-state index >= 15 is 0 Å². The number of para-hydroxylation sites is 1. The second-order valence-corrected chi connectivity index (χ2v) is 3.87. The first-order chi connectivity index (χ1) is 6.81. The van der Waals surface area contributed by atoms with Crippen LogP contribution in [0.3, 0.4) is 0 Å². The minimum atomic E-state index is 0.249. The summed E-state index contributed by atoms with van der Waals surface area (Å²) in [6.07, 6.45) is 3.04. The van der Waals surface area contributed by atoms with Gasteiger partial charge in [0.15, 0.2) is 0 Å². The summed E-state index contributed by atoms with van der Waals surface area (Å²) in [6.45, 7) is 2.34. The molecule has 0 spiro atoms. The van der Waals surface area contributed by atoms with Crippen molar-refractivity contribution >= 4 is 0 Å². The van der Waals surface area contributed by atoms with E-state index in [9.17, 15) is 0 Å². The maximum absolute atomic E-state index is 8.79. The van der Waals surface area contributed by atoms with Gasteiger partial charge < -0.3 is 9.84 Å². The molecule has 0 saturated heterocycles. The van der Waals surface area contributed by atoms with Crippen molar-refractivity contribution < 1.29 is 9.84 Å². The number of hydrogen-bond donors (Lipinski definition) is 1. The third-order valence-electron chi connectivity index (χ3n) is 2.61. The first kappa shape index (κ1) is 9.53. The third kappa shape index (κ3) is 1.75. The van der Waals surface area contributed by atoms with Gasteiger partial charge in [-0.3, -0.25) is 0 Å². The maximum Gasteiger partial charge on any atom is 0.126 e. The molecule has 0 aromatic heterocycles. The number of hydrogen-bond acceptors (Lipinski definition) is 2. The summed E-state index contributed by atoms with van der Waals surface area (Å²) in [6, 6.07) is 6.29. The van der Waals surface area contributed by atoms with Gasteiger partial charge in [0.1, 0.15) is 11.9 Å².